The van der Waals surface area contributed by atoms with Gasteiger partial charge in [-0.15, -0.1) is 0 Å². The second-order valence-electron chi connectivity index (χ2n) is 5.15. The van der Waals surface area contributed by atoms with Crippen molar-refractivity contribution < 1.29 is 27.5 Å². The van der Waals surface area contributed by atoms with Crippen molar-refractivity contribution in [2.75, 3.05) is 16.8 Å². The summed E-state index contributed by atoms with van der Waals surface area (Å²) >= 11 is 0. The molecule has 0 spiro atoms. The fourth-order valence-corrected chi connectivity index (χ4v) is 2.51. The number of rotatable bonds is 1. The first-order valence-corrected chi connectivity index (χ1v) is 6.95. The van der Waals surface area contributed by atoms with Gasteiger partial charge in [0.05, 0.1) is 12.3 Å². The third-order valence-electron chi connectivity index (χ3n) is 3.54. The van der Waals surface area contributed by atoms with Crippen molar-refractivity contribution in [1.29, 1.82) is 0 Å². The van der Waals surface area contributed by atoms with E-state index in [1.807, 2.05) is 0 Å². The zero-order chi connectivity index (χ0) is 17.8. The molecule has 4 heterocycles. The normalized spacial score (nSPS) is 19.7. The second kappa shape index (κ2) is 5.14. The van der Waals surface area contributed by atoms with Gasteiger partial charge in [0.1, 0.15) is 5.82 Å². The second-order valence-corrected chi connectivity index (χ2v) is 5.15. The number of anilines is 2. The number of carbonyl (C=O) groups is 2. The number of aliphatic imine (C=N–C) groups is 1. The number of nitrogens with zero attached hydrogens (tertiary/aromatic N) is 4. The molecule has 3 aliphatic rings. The van der Waals surface area contributed by atoms with E-state index in [4.69, 9.17) is 4.74 Å². The van der Waals surface area contributed by atoms with Gasteiger partial charge in [-0.1, -0.05) is 0 Å². The Bertz CT molecular complexity index is 890. The maximum atomic E-state index is 13.1. The van der Waals surface area contributed by atoms with E-state index in [0.717, 1.165) is 22.2 Å². The highest BCUT2D eigenvalue weighted by atomic mass is 19.4. The van der Waals surface area contributed by atoms with E-state index in [0.29, 0.717) is 11.8 Å². The summed E-state index contributed by atoms with van der Waals surface area (Å²) in [5.74, 6) is -1.27. The van der Waals surface area contributed by atoms with Gasteiger partial charge >= 0.3 is 12.1 Å². The molecule has 127 valence electrons. The van der Waals surface area contributed by atoms with Crippen molar-refractivity contribution in [2.24, 2.45) is 4.99 Å². The number of ether oxygens (including phenoxy) is 1. The first-order chi connectivity index (χ1) is 11.8. The van der Waals surface area contributed by atoms with E-state index in [9.17, 15) is 22.8 Å². The van der Waals surface area contributed by atoms with Crippen LogP contribution in [0.5, 0.6) is 5.75 Å². The molecule has 2 amide bonds. The van der Waals surface area contributed by atoms with Gasteiger partial charge in [0.25, 0.3) is 17.5 Å². The predicted molar refractivity (Wildman–Crippen MR) is 78.7 cm³/mol. The molecule has 0 saturated heterocycles. The average molecular weight is 351 g/mol. The fourth-order valence-electron chi connectivity index (χ4n) is 2.51. The van der Waals surface area contributed by atoms with E-state index < -0.39 is 23.7 Å². The van der Waals surface area contributed by atoms with Gasteiger partial charge in [0.15, 0.2) is 24.4 Å². The molecule has 4 rings (SSSR count). The van der Waals surface area contributed by atoms with E-state index in [1.54, 1.807) is 0 Å². The SMILES string of the molecule is O=C1COc2ccc(N3C(=O)C=C(C(F)(F)F)[N+]4C=CN=C34)nc2N1. The third-order valence-corrected chi connectivity index (χ3v) is 3.54. The first-order valence-electron chi connectivity index (χ1n) is 6.95. The van der Waals surface area contributed by atoms with Crippen molar-refractivity contribution in [2.45, 2.75) is 6.18 Å². The lowest BCUT2D eigenvalue weighted by Crippen LogP contribution is -2.53. The number of carbonyl (C=O) groups excluding carboxylic acids is 2. The van der Waals surface area contributed by atoms with Crippen LogP contribution in [-0.4, -0.2) is 35.5 Å². The monoisotopic (exact) mass is 351 g/mol. The number of guanidine groups is 1. The molecular formula is C14H8F3N5O3+. The predicted octanol–water partition coefficient (Wildman–Crippen LogP) is 1.19. The first kappa shape index (κ1) is 15.3. The number of nitrogens with one attached hydrogen (secondary N) is 1. The van der Waals surface area contributed by atoms with Crippen molar-refractivity contribution in [3.8, 4) is 5.75 Å². The van der Waals surface area contributed by atoms with Gasteiger partial charge in [0.2, 0.25) is 0 Å². The maximum Gasteiger partial charge on any atom is 0.473 e. The molecule has 25 heavy (non-hydrogen) atoms. The summed E-state index contributed by atoms with van der Waals surface area (Å²) in [6.45, 7) is -0.168. The minimum atomic E-state index is -4.72. The molecule has 0 unspecified atom stereocenters. The molecule has 0 aliphatic carbocycles. The molecule has 0 fully saturated rings. The Morgan fingerprint density at radius 1 is 1.28 bits per heavy atom. The maximum absolute atomic E-state index is 13.1. The van der Waals surface area contributed by atoms with Crippen LogP contribution in [0.1, 0.15) is 0 Å². The van der Waals surface area contributed by atoms with Gasteiger partial charge in [-0.25, -0.2) is 4.98 Å². The highest BCUT2D eigenvalue weighted by Gasteiger charge is 2.55. The number of halogens is 3. The van der Waals surface area contributed by atoms with E-state index >= 15 is 0 Å². The van der Waals surface area contributed by atoms with Crippen LogP contribution in [0.3, 0.4) is 0 Å². The molecule has 0 bridgehead atoms. The van der Waals surface area contributed by atoms with Gasteiger partial charge in [-0.2, -0.15) is 23.1 Å². The number of amides is 2. The van der Waals surface area contributed by atoms with Gasteiger partial charge < -0.3 is 10.1 Å². The van der Waals surface area contributed by atoms with E-state index in [-0.39, 0.29) is 24.2 Å². The topological polar surface area (TPSA) is 89.8 Å². The lowest BCUT2D eigenvalue weighted by Gasteiger charge is -2.25. The number of pyridine rings is 1. The molecule has 1 radical (unpaired) electrons. The summed E-state index contributed by atoms with van der Waals surface area (Å²) in [4.78, 5) is 33.2. The van der Waals surface area contributed by atoms with Crippen molar-refractivity contribution in [3.63, 3.8) is 0 Å². The Kier molecular flexibility index (Phi) is 3.15. The molecule has 0 aromatic carbocycles. The van der Waals surface area contributed by atoms with Crippen molar-refractivity contribution in [3.05, 3.63) is 36.3 Å². The molecule has 8 nitrogen and oxygen atoms in total. The smallest absolute Gasteiger partial charge is 0.473 e. The Labute approximate surface area is 137 Å². The lowest BCUT2D eigenvalue weighted by molar-refractivity contribution is -0.118. The number of fused-ring (bicyclic) bond motifs is 2. The van der Waals surface area contributed by atoms with Gasteiger partial charge in [-0.3, -0.25) is 9.59 Å². The van der Waals surface area contributed by atoms with E-state index in [1.165, 1.54) is 12.1 Å². The Morgan fingerprint density at radius 3 is 2.84 bits per heavy atom. The Morgan fingerprint density at radius 2 is 2.08 bits per heavy atom. The van der Waals surface area contributed by atoms with Crippen LogP contribution in [-0.2, 0) is 9.59 Å². The van der Waals surface area contributed by atoms with Crippen LogP contribution >= 0.6 is 0 Å². The average Bonchev–Trinajstić information content (AvgIpc) is 3.01. The number of hydrogen-bond acceptors (Lipinski definition) is 6. The van der Waals surface area contributed by atoms with Gasteiger partial charge in [-0.05, 0) is 17.0 Å². The minimum Gasteiger partial charge on any atom is -0.480 e. The van der Waals surface area contributed by atoms with Gasteiger partial charge in [0, 0.05) is 0 Å². The highest BCUT2D eigenvalue weighted by Crippen LogP contribution is 2.35. The van der Waals surface area contributed by atoms with Crippen LogP contribution in [0, 0.1) is 0 Å². The molecule has 3 aliphatic heterocycles. The molecule has 1 aromatic rings. The van der Waals surface area contributed by atoms with Crippen LogP contribution in [0.25, 0.3) is 0 Å². The summed E-state index contributed by atoms with van der Waals surface area (Å²) < 4.78 is 44.5. The lowest BCUT2D eigenvalue weighted by atomic mass is 10.2. The fraction of sp³-hybridized carbons (Fsp3) is 0.143. The largest absolute Gasteiger partial charge is 0.480 e. The van der Waals surface area contributed by atoms with Crippen molar-refractivity contribution >= 4 is 29.4 Å². The zero-order valence-corrected chi connectivity index (χ0v) is 12.2. The van der Waals surface area contributed by atoms with Crippen LogP contribution in [0.15, 0.2) is 41.3 Å². The number of hydrogen-bond donors (Lipinski definition) is 1. The van der Waals surface area contributed by atoms with Crippen molar-refractivity contribution in [1.82, 2.24) is 9.88 Å². The minimum absolute atomic E-state index is 0.000487. The summed E-state index contributed by atoms with van der Waals surface area (Å²) in [6, 6.07) is 2.85. The number of aromatic nitrogens is 1. The third kappa shape index (κ3) is 2.45. The molecule has 0 atom stereocenters. The highest BCUT2D eigenvalue weighted by molar-refractivity contribution is 6.24. The van der Waals surface area contributed by atoms with Crippen LogP contribution in [0.4, 0.5) is 24.8 Å². The molecule has 1 N–H and O–H groups in total. The Hall–Kier alpha value is -3.21. The van der Waals surface area contributed by atoms with E-state index in [2.05, 4.69) is 15.3 Å². The molecule has 11 heteroatoms. The quantitative estimate of drug-likeness (QED) is 0.770. The standard InChI is InChI=1S/C14H8F3N5O3/c15-14(16,17)8-5-11(24)22(13-18-3-4-21(8)13)9-2-1-7-12(19-9)20-10(23)6-25-7/h1-5H,6H2,(H,19,20,23)/q+1. The molecule has 0 saturated carbocycles. The summed E-state index contributed by atoms with van der Waals surface area (Å²) in [5, 5.41) is 2.47. The Balaban J connectivity index is 1.77. The molecular weight excluding hydrogens is 343 g/mol. The van der Waals surface area contributed by atoms with Crippen LogP contribution in [0.2, 0.25) is 0 Å². The molecule has 1 aromatic heterocycles. The summed E-state index contributed by atoms with van der Waals surface area (Å²) in [7, 11) is 0. The van der Waals surface area contributed by atoms with Crippen LogP contribution < -0.4 is 19.9 Å². The number of alkyl halides is 3. The summed E-state index contributed by atoms with van der Waals surface area (Å²) in [5.41, 5.74) is -1.14. The number of allylic oxidation sites excluding steroid dienone is 1. The zero-order valence-electron chi connectivity index (χ0n) is 12.2. The summed E-state index contributed by atoms with van der Waals surface area (Å²) in [6.07, 6.45) is -2.02.